The molecule has 6 heteroatoms. The van der Waals surface area contributed by atoms with Crippen LogP contribution >= 0.6 is 45.3 Å². The summed E-state index contributed by atoms with van der Waals surface area (Å²) < 4.78 is 0. The molecule has 0 saturated carbocycles. The molecule has 34 heavy (non-hydrogen) atoms. The van der Waals surface area contributed by atoms with E-state index in [-0.39, 0.29) is 0 Å². The molecule has 164 valence electrons. The molecular formula is C28H18N2S4. The number of aromatic nitrogens is 2. The first-order valence-corrected chi connectivity index (χ1v) is 14.2. The van der Waals surface area contributed by atoms with Crippen molar-refractivity contribution in [2.24, 2.45) is 0 Å². The standard InChI is InChI=1S/C28H18N2S4/c1-2-18-6-14-26(32-18)22-11-12-24(30-22)28-16-8-20(34-28)4-3-19-7-15-27(33-19)23-10-9-21(29-23)25-13-5-17(1)31-25/h1-16,29-30H/b2-1-,4-3-,17-1?,18-2?,19-3?,20-4?,25-21?,26-22?,27-23?,28-24?. The zero-order valence-electron chi connectivity index (χ0n) is 17.9. The molecule has 1 aliphatic heterocycles. The van der Waals surface area contributed by atoms with Crippen LogP contribution in [0.25, 0.3) is 66.6 Å². The topological polar surface area (TPSA) is 31.6 Å². The molecule has 0 amide bonds. The minimum Gasteiger partial charge on any atom is -0.353 e. The fourth-order valence-corrected chi connectivity index (χ4v) is 7.61. The second-order valence-corrected chi connectivity index (χ2v) is 12.5. The number of H-pyrrole nitrogens is 2. The predicted molar refractivity (Wildman–Crippen MR) is 153 cm³/mol. The van der Waals surface area contributed by atoms with Gasteiger partial charge in [-0.2, -0.15) is 0 Å². The third-order valence-electron chi connectivity index (χ3n) is 5.76. The third-order valence-corrected chi connectivity index (χ3v) is 10.1. The molecule has 0 aromatic carbocycles. The molecule has 12 bridgehead atoms. The summed E-state index contributed by atoms with van der Waals surface area (Å²) in [5.74, 6) is 0. The van der Waals surface area contributed by atoms with E-state index in [0.29, 0.717) is 0 Å². The van der Waals surface area contributed by atoms with Gasteiger partial charge in [0.1, 0.15) is 0 Å². The molecular weight excluding hydrogens is 493 g/mol. The van der Waals surface area contributed by atoms with Crippen molar-refractivity contribution in [3.63, 3.8) is 0 Å². The number of aromatic amines is 2. The molecule has 7 heterocycles. The Labute approximate surface area is 213 Å². The summed E-state index contributed by atoms with van der Waals surface area (Å²) in [6.45, 7) is 0. The van der Waals surface area contributed by atoms with Gasteiger partial charge in [0.2, 0.25) is 0 Å². The van der Waals surface area contributed by atoms with Gasteiger partial charge in [0, 0.05) is 19.5 Å². The fourth-order valence-electron chi connectivity index (χ4n) is 4.04. The van der Waals surface area contributed by atoms with Crippen LogP contribution in [0.5, 0.6) is 0 Å². The molecule has 7 rings (SSSR count). The number of rotatable bonds is 0. The summed E-state index contributed by atoms with van der Waals surface area (Å²) in [6.07, 6.45) is 8.85. The summed E-state index contributed by atoms with van der Waals surface area (Å²) in [6, 6.07) is 26.3. The fraction of sp³-hybridized carbons (Fsp3) is 0. The molecule has 0 atom stereocenters. The van der Waals surface area contributed by atoms with E-state index in [1.807, 2.05) is 45.3 Å². The van der Waals surface area contributed by atoms with E-state index in [1.54, 1.807) is 0 Å². The monoisotopic (exact) mass is 510 g/mol. The largest absolute Gasteiger partial charge is 0.353 e. The van der Waals surface area contributed by atoms with Crippen LogP contribution in [0, 0.1) is 0 Å². The van der Waals surface area contributed by atoms with Crippen molar-refractivity contribution in [1.29, 1.82) is 0 Å². The molecule has 0 fully saturated rings. The van der Waals surface area contributed by atoms with Gasteiger partial charge in [-0.25, -0.2) is 0 Å². The molecule has 0 spiro atoms. The smallest absolute Gasteiger partial charge is 0.0560 e. The SMILES string of the molecule is C1=C\c2ccc(s2)-c2ccc([nH]2)-c2ccc(s2)/C=C\c2ccc(s2)-c2ccc([nH]2)-c2ccc/1s2. The summed E-state index contributed by atoms with van der Waals surface area (Å²) in [4.78, 5) is 17.3. The summed E-state index contributed by atoms with van der Waals surface area (Å²) in [5.41, 5.74) is 4.66. The molecule has 6 aromatic rings. The van der Waals surface area contributed by atoms with Crippen LogP contribution in [0.1, 0.15) is 19.5 Å². The van der Waals surface area contributed by atoms with Crippen LogP contribution in [-0.2, 0) is 0 Å². The zero-order valence-corrected chi connectivity index (χ0v) is 21.1. The lowest BCUT2D eigenvalue weighted by atomic mass is 10.3. The molecule has 0 unspecified atom stereocenters. The molecule has 0 aliphatic carbocycles. The van der Waals surface area contributed by atoms with Gasteiger partial charge in [0.25, 0.3) is 0 Å². The maximum absolute atomic E-state index is 3.62. The predicted octanol–water partition coefficient (Wildman–Crippen LogP) is 9.91. The maximum Gasteiger partial charge on any atom is 0.0560 e. The number of nitrogens with one attached hydrogen (secondary N) is 2. The number of thiophene rings is 4. The van der Waals surface area contributed by atoms with E-state index < -0.39 is 0 Å². The second-order valence-electron chi connectivity index (χ2n) is 8.05. The van der Waals surface area contributed by atoms with Gasteiger partial charge in [0.05, 0.1) is 42.3 Å². The molecule has 1 aliphatic rings. The van der Waals surface area contributed by atoms with E-state index in [2.05, 4.69) is 107 Å². The highest BCUT2D eigenvalue weighted by molar-refractivity contribution is 7.18. The lowest BCUT2D eigenvalue weighted by Crippen LogP contribution is -1.72. The molecule has 0 radical (unpaired) electrons. The highest BCUT2D eigenvalue weighted by Crippen LogP contribution is 2.36. The van der Waals surface area contributed by atoms with Crippen LogP contribution < -0.4 is 0 Å². The summed E-state index contributed by atoms with van der Waals surface area (Å²) >= 11 is 7.24. The van der Waals surface area contributed by atoms with Crippen LogP contribution in [0.4, 0.5) is 0 Å². The molecule has 6 aromatic heterocycles. The van der Waals surface area contributed by atoms with E-state index in [1.165, 1.54) is 61.8 Å². The Balaban J connectivity index is 1.32. The minimum absolute atomic E-state index is 1.17. The van der Waals surface area contributed by atoms with Crippen molar-refractivity contribution in [2.45, 2.75) is 0 Å². The Hall–Kier alpha value is -3.16. The normalized spacial score (nSPS) is 14.4. The van der Waals surface area contributed by atoms with Crippen molar-refractivity contribution in [3.05, 3.63) is 92.3 Å². The quantitative estimate of drug-likeness (QED) is 0.203. The Kier molecular flexibility index (Phi) is 4.91. The van der Waals surface area contributed by atoms with Gasteiger partial charge < -0.3 is 9.97 Å². The van der Waals surface area contributed by atoms with E-state index in [9.17, 15) is 0 Å². The minimum atomic E-state index is 1.17. The highest BCUT2D eigenvalue weighted by atomic mass is 32.1. The maximum atomic E-state index is 3.62. The summed E-state index contributed by atoms with van der Waals surface area (Å²) in [7, 11) is 0. The van der Waals surface area contributed by atoms with Crippen molar-refractivity contribution in [2.75, 3.05) is 0 Å². The first-order valence-electron chi connectivity index (χ1n) is 10.9. The van der Waals surface area contributed by atoms with Crippen LogP contribution in [-0.4, -0.2) is 9.97 Å². The molecule has 0 saturated heterocycles. The first-order chi connectivity index (χ1) is 16.8. The average molecular weight is 511 g/mol. The van der Waals surface area contributed by atoms with E-state index in [0.717, 1.165) is 0 Å². The second kappa shape index (κ2) is 8.25. The highest BCUT2D eigenvalue weighted by Gasteiger charge is 2.10. The lowest BCUT2D eigenvalue weighted by molar-refractivity contribution is 1.43. The van der Waals surface area contributed by atoms with Crippen molar-refractivity contribution in [3.8, 4) is 42.3 Å². The Morgan fingerprint density at radius 1 is 0.324 bits per heavy atom. The lowest BCUT2D eigenvalue weighted by Gasteiger charge is -1.94. The average Bonchev–Trinajstić information content (AvgIpc) is 3.68. The Bertz CT molecular complexity index is 1430. The van der Waals surface area contributed by atoms with Crippen molar-refractivity contribution in [1.82, 2.24) is 9.97 Å². The van der Waals surface area contributed by atoms with Gasteiger partial charge in [-0.3, -0.25) is 0 Å². The Morgan fingerprint density at radius 3 is 0.853 bits per heavy atom. The van der Waals surface area contributed by atoms with Crippen molar-refractivity contribution >= 4 is 69.7 Å². The van der Waals surface area contributed by atoms with Gasteiger partial charge in [-0.1, -0.05) is 0 Å². The van der Waals surface area contributed by atoms with Crippen LogP contribution in [0.15, 0.2) is 72.8 Å². The summed E-state index contributed by atoms with van der Waals surface area (Å²) in [5, 5.41) is 0. The first kappa shape index (κ1) is 20.2. The zero-order chi connectivity index (χ0) is 22.5. The van der Waals surface area contributed by atoms with Gasteiger partial charge in [-0.05, 0) is 97.1 Å². The van der Waals surface area contributed by atoms with Crippen molar-refractivity contribution < 1.29 is 0 Å². The van der Waals surface area contributed by atoms with Crippen LogP contribution in [0.2, 0.25) is 0 Å². The Morgan fingerprint density at radius 2 is 0.588 bits per heavy atom. The number of hydrogen-bond acceptors (Lipinski definition) is 4. The molecule has 2 nitrogen and oxygen atoms in total. The van der Waals surface area contributed by atoms with Crippen LogP contribution in [0.3, 0.4) is 0 Å². The van der Waals surface area contributed by atoms with E-state index in [4.69, 9.17) is 0 Å². The molecule has 2 N–H and O–H groups in total. The van der Waals surface area contributed by atoms with Gasteiger partial charge in [-0.15, -0.1) is 45.3 Å². The third kappa shape index (κ3) is 3.79. The number of hydrogen-bond donors (Lipinski definition) is 2. The van der Waals surface area contributed by atoms with Gasteiger partial charge in [0.15, 0.2) is 0 Å². The van der Waals surface area contributed by atoms with E-state index >= 15 is 0 Å². The number of fused-ring (bicyclic) bond motifs is 16. The van der Waals surface area contributed by atoms with Gasteiger partial charge >= 0.3 is 0 Å².